The third-order valence-electron chi connectivity index (χ3n) is 4.32. The van der Waals surface area contributed by atoms with E-state index in [9.17, 15) is 4.79 Å². The lowest BCUT2D eigenvalue weighted by molar-refractivity contribution is -0.136. The fourth-order valence-corrected chi connectivity index (χ4v) is 3.08. The molecule has 0 aliphatic heterocycles. The van der Waals surface area contributed by atoms with Gasteiger partial charge in [-0.3, -0.25) is 4.79 Å². The molecule has 0 aromatic heterocycles. The van der Waals surface area contributed by atoms with Gasteiger partial charge in [-0.15, -0.1) is 0 Å². The van der Waals surface area contributed by atoms with Crippen LogP contribution in [0.2, 0.25) is 0 Å². The number of hydrogen-bond acceptors (Lipinski definition) is 3. The van der Waals surface area contributed by atoms with Crippen LogP contribution in [0.5, 0.6) is 0 Å². The summed E-state index contributed by atoms with van der Waals surface area (Å²) >= 11 is 0. The first-order chi connectivity index (χ1) is 11.5. The molecule has 0 unspecified atom stereocenters. The van der Waals surface area contributed by atoms with Gasteiger partial charge in [0, 0.05) is 11.4 Å². The number of carbonyl (C=O) groups is 1. The summed E-state index contributed by atoms with van der Waals surface area (Å²) in [4.78, 5) is 10.2. The lowest BCUT2D eigenvalue weighted by Gasteiger charge is -2.21. The van der Waals surface area contributed by atoms with Crippen LogP contribution in [0.25, 0.3) is 0 Å². The highest BCUT2D eigenvalue weighted by molar-refractivity contribution is 5.70. The molecule has 24 heavy (non-hydrogen) atoms. The van der Waals surface area contributed by atoms with E-state index < -0.39 is 5.97 Å². The number of benzene rings is 2. The van der Waals surface area contributed by atoms with Crippen molar-refractivity contribution in [3.63, 3.8) is 0 Å². The monoisotopic (exact) mass is 326 g/mol. The van der Waals surface area contributed by atoms with Crippen LogP contribution in [0.3, 0.4) is 0 Å². The molecule has 4 heteroatoms. The molecule has 5 N–H and O–H groups in total. The lowest BCUT2D eigenvalue weighted by Crippen LogP contribution is -2.04. The van der Waals surface area contributed by atoms with Crippen LogP contribution in [-0.2, 0) is 11.2 Å². The number of nitrogens with two attached hydrogens (primary N) is 2. The second-order valence-electron chi connectivity index (χ2n) is 6.32. The van der Waals surface area contributed by atoms with Crippen LogP contribution < -0.4 is 11.5 Å². The summed E-state index contributed by atoms with van der Waals surface area (Å²) in [5, 5.41) is 8.42. The van der Waals surface area contributed by atoms with Crippen molar-refractivity contribution in [2.45, 2.75) is 44.4 Å². The molecule has 1 aliphatic carbocycles. The van der Waals surface area contributed by atoms with Crippen LogP contribution in [0, 0.1) is 0 Å². The molecule has 3 rings (SSSR count). The maximum absolute atomic E-state index is 10.2. The Bertz CT molecular complexity index is 647. The van der Waals surface area contributed by atoms with Crippen LogP contribution >= 0.6 is 0 Å². The molecule has 128 valence electrons. The Hall–Kier alpha value is -2.49. The van der Waals surface area contributed by atoms with Gasteiger partial charge in [-0.25, -0.2) is 0 Å². The van der Waals surface area contributed by atoms with E-state index in [1.807, 2.05) is 12.1 Å². The van der Waals surface area contributed by atoms with Gasteiger partial charge >= 0.3 is 5.97 Å². The highest BCUT2D eigenvalue weighted by Gasteiger charge is 2.14. The molecule has 1 aliphatic rings. The number of hydrogen-bond donors (Lipinski definition) is 3. The number of anilines is 2. The van der Waals surface area contributed by atoms with Gasteiger partial charge < -0.3 is 16.6 Å². The average Bonchev–Trinajstić information content (AvgIpc) is 2.56. The lowest BCUT2D eigenvalue weighted by atomic mass is 9.84. The van der Waals surface area contributed by atoms with Gasteiger partial charge in [-0.2, -0.15) is 0 Å². The van der Waals surface area contributed by atoms with Gasteiger partial charge in [0.25, 0.3) is 0 Å². The minimum atomic E-state index is -0.837. The quantitative estimate of drug-likeness (QED) is 0.737. The fourth-order valence-electron chi connectivity index (χ4n) is 3.08. The molecule has 0 spiro atoms. The predicted molar refractivity (Wildman–Crippen MR) is 98.9 cm³/mol. The first-order valence-corrected chi connectivity index (χ1v) is 8.46. The summed E-state index contributed by atoms with van der Waals surface area (Å²) < 4.78 is 0. The Kier molecular flexibility index (Phi) is 6.67. The van der Waals surface area contributed by atoms with Crippen molar-refractivity contribution >= 4 is 17.3 Å². The van der Waals surface area contributed by atoms with E-state index in [-0.39, 0.29) is 6.42 Å². The highest BCUT2D eigenvalue weighted by Crippen LogP contribution is 2.32. The Morgan fingerprint density at radius 1 is 0.958 bits per heavy atom. The maximum atomic E-state index is 10.2. The highest BCUT2D eigenvalue weighted by atomic mass is 16.4. The second-order valence-corrected chi connectivity index (χ2v) is 6.32. The zero-order valence-electron chi connectivity index (χ0n) is 13.9. The number of carboxylic acid groups (broad SMARTS) is 1. The topological polar surface area (TPSA) is 89.3 Å². The molecule has 2 aromatic carbocycles. The molecular formula is C20H26N2O2. The Labute approximate surface area is 143 Å². The van der Waals surface area contributed by atoms with E-state index in [1.54, 1.807) is 24.3 Å². The van der Waals surface area contributed by atoms with Gasteiger partial charge in [-0.1, -0.05) is 43.5 Å². The van der Waals surface area contributed by atoms with Gasteiger partial charge in [-0.05, 0) is 54.2 Å². The molecule has 2 aromatic rings. The fraction of sp³-hybridized carbons (Fsp3) is 0.350. The predicted octanol–water partition coefficient (Wildman–Crippen LogP) is 4.21. The van der Waals surface area contributed by atoms with Crippen LogP contribution in [0.1, 0.15) is 49.1 Å². The molecule has 0 amide bonds. The molecule has 0 atom stereocenters. The third kappa shape index (κ3) is 5.95. The van der Waals surface area contributed by atoms with E-state index in [1.165, 1.54) is 37.7 Å². The van der Waals surface area contributed by atoms with Crippen molar-refractivity contribution in [1.29, 1.82) is 0 Å². The number of aliphatic carboxylic acids is 1. The van der Waals surface area contributed by atoms with Crippen molar-refractivity contribution in [3.8, 4) is 0 Å². The van der Waals surface area contributed by atoms with Crippen LogP contribution in [-0.4, -0.2) is 11.1 Å². The summed E-state index contributed by atoms with van der Waals surface area (Å²) in [7, 11) is 0. The second kappa shape index (κ2) is 8.96. The zero-order valence-corrected chi connectivity index (χ0v) is 13.9. The Morgan fingerprint density at radius 3 is 2.21 bits per heavy atom. The van der Waals surface area contributed by atoms with E-state index in [2.05, 4.69) is 12.1 Å². The Balaban J connectivity index is 0.000000177. The van der Waals surface area contributed by atoms with Crippen LogP contribution in [0.4, 0.5) is 11.4 Å². The van der Waals surface area contributed by atoms with Crippen molar-refractivity contribution in [3.05, 3.63) is 59.7 Å². The Morgan fingerprint density at radius 2 is 1.62 bits per heavy atom. The summed E-state index contributed by atoms with van der Waals surface area (Å²) in [5.74, 6) is -0.0371. The van der Waals surface area contributed by atoms with Crippen molar-refractivity contribution in [2.24, 2.45) is 0 Å². The summed E-state index contributed by atoms with van der Waals surface area (Å²) in [6, 6.07) is 15.3. The van der Waals surface area contributed by atoms with E-state index in [0.29, 0.717) is 5.69 Å². The molecule has 4 nitrogen and oxygen atoms in total. The maximum Gasteiger partial charge on any atom is 0.307 e. The van der Waals surface area contributed by atoms with E-state index in [4.69, 9.17) is 16.6 Å². The minimum Gasteiger partial charge on any atom is -0.481 e. The van der Waals surface area contributed by atoms with Gasteiger partial charge in [0.1, 0.15) is 0 Å². The van der Waals surface area contributed by atoms with Crippen molar-refractivity contribution in [2.75, 3.05) is 11.5 Å². The summed E-state index contributed by atoms with van der Waals surface area (Å²) in [6.07, 6.45) is 6.98. The third-order valence-corrected chi connectivity index (χ3v) is 4.32. The van der Waals surface area contributed by atoms with Crippen molar-refractivity contribution < 1.29 is 9.90 Å². The summed E-state index contributed by atoms with van der Waals surface area (Å²) in [5.41, 5.74) is 14.8. The van der Waals surface area contributed by atoms with E-state index in [0.717, 1.165) is 17.2 Å². The zero-order chi connectivity index (χ0) is 17.4. The number of rotatable bonds is 3. The molecule has 0 bridgehead atoms. The first kappa shape index (κ1) is 17.9. The first-order valence-electron chi connectivity index (χ1n) is 8.46. The van der Waals surface area contributed by atoms with Gasteiger partial charge in [0.15, 0.2) is 0 Å². The molecule has 0 saturated heterocycles. The normalized spacial score (nSPS) is 14.5. The number of nitrogen functional groups attached to an aromatic ring is 2. The standard InChI is InChI=1S/C12H17N.C8H9NO2/c13-12-8-6-11(7-9-12)10-4-2-1-3-5-10;9-7-3-1-2-6(4-7)5-8(10)11/h6-10H,1-5,13H2;1-4H,5,9H2,(H,10,11). The summed E-state index contributed by atoms with van der Waals surface area (Å²) in [6.45, 7) is 0. The number of carboxylic acids is 1. The molecule has 0 radical (unpaired) electrons. The SMILES string of the molecule is Nc1ccc(C2CCCCC2)cc1.Nc1cccc(CC(=O)O)c1. The van der Waals surface area contributed by atoms with Crippen molar-refractivity contribution in [1.82, 2.24) is 0 Å². The van der Waals surface area contributed by atoms with E-state index >= 15 is 0 Å². The molecular weight excluding hydrogens is 300 g/mol. The molecule has 1 fully saturated rings. The molecule has 1 saturated carbocycles. The largest absolute Gasteiger partial charge is 0.481 e. The smallest absolute Gasteiger partial charge is 0.307 e. The van der Waals surface area contributed by atoms with Gasteiger partial charge in [0.05, 0.1) is 6.42 Å². The van der Waals surface area contributed by atoms with Gasteiger partial charge in [0.2, 0.25) is 0 Å². The average molecular weight is 326 g/mol. The minimum absolute atomic E-state index is 0.0328. The van der Waals surface area contributed by atoms with Crippen LogP contribution in [0.15, 0.2) is 48.5 Å². The molecule has 0 heterocycles.